The average Bonchev–Trinajstić information content (AvgIpc) is 2.29. The predicted octanol–water partition coefficient (Wildman–Crippen LogP) is 3.83. The van der Waals surface area contributed by atoms with Crippen LogP contribution < -0.4 is 4.90 Å². The van der Waals surface area contributed by atoms with Crippen molar-refractivity contribution < 1.29 is 4.79 Å². The monoisotopic (exact) mass is 245 g/mol. The van der Waals surface area contributed by atoms with E-state index in [9.17, 15) is 4.79 Å². The number of anilines is 1. The zero-order valence-electron chi connectivity index (χ0n) is 12.1. The normalized spacial score (nSPS) is 11.5. The third-order valence-electron chi connectivity index (χ3n) is 3.18. The molecule has 1 aromatic rings. The fourth-order valence-electron chi connectivity index (χ4n) is 2.26. The van der Waals surface area contributed by atoms with Crippen LogP contribution >= 0.6 is 0 Å². The largest absolute Gasteiger partial charge is 0.372 e. The summed E-state index contributed by atoms with van der Waals surface area (Å²) < 4.78 is 0. The highest BCUT2D eigenvalue weighted by molar-refractivity contribution is 5.95. The Kier molecular flexibility index (Phi) is 5.14. The molecule has 98 valence electrons. The van der Waals surface area contributed by atoms with E-state index in [1.165, 1.54) is 11.3 Å². The Morgan fingerprint density at radius 1 is 1.22 bits per heavy atom. The number of carbonyl (C=O) groups excluding carboxylic acids is 1. The first kappa shape index (κ1) is 14.5. The maximum Gasteiger partial charge on any atom is 0.152 e. The van der Waals surface area contributed by atoms with Gasteiger partial charge in [-0.2, -0.15) is 0 Å². The van der Waals surface area contributed by atoms with Gasteiger partial charge in [0.25, 0.3) is 0 Å². The lowest BCUT2D eigenvalue weighted by atomic mass is 10.00. The van der Waals surface area contributed by atoms with Crippen LogP contribution in [0.15, 0.2) is 24.3 Å². The van der Waals surface area contributed by atoms with Crippen LogP contribution in [-0.2, 0) is 4.79 Å². The number of nitrogens with zero attached hydrogens (tertiary/aromatic N) is 1. The third kappa shape index (κ3) is 3.46. The number of aryl methyl sites for hydroxylation is 1. The van der Waals surface area contributed by atoms with Crippen LogP contribution in [-0.4, -0.2) is 18.9 Å². The summed E-state index contributed by atoms with van der Waals surface area (Å²) in [6.45, 7) is 12.0. The van der Waals surface area contributed by atoms with Crippen molar-refractivity contribution in [2.24, 2.45) is 0 Å². The van der Waals surface area contributed by atoms with E-state index < -0.39 is 0 Å². The molecule has 2 heteroatoms. The fraction of sp³-hybridized carbons (Fsp3) is 0.438. The number of hydrogen-bond acceptors (Lipinski definition) is 2. The molecule has 0 radical (unpaired) electrons. The second kappa shape index (κ2) is 6.39. The summed E-state index contributed by atoms with van der Waals surface area (Å²) in [5.74, 6) is 0.0970. The van der Waals surface area contributed by atoms with Crippen molar-refractivity contribution >= 4 is 17.0 Å². The summed E-state index contributed by atoms with van der Waals surface area (Å²) >= 11 is 0. The highest BCUT2D eigenvalue weighted by Gasteiger charge is 2.06. The molecule has 1 rings (SSSR count). The van der Waals surface area contributed by atoms with Crippen molar-refractivity contribution in [3.8, 4) is 0 Å². The molecule has 0 atom stereocenters. The number of ketones is 1. The predicted molar refractivity (Wildman–Crippen MR) is 79.1 cm³/mol. The lowest BCUT2D eigenvalue weighted by Crippen LogP contribution is -2.21. The Labute approximate surface area is 110 Å². The van der Waals surface area contributed by atoms with E-state index in [0.717, 1.165) is 24.2 Å². The van der Waals surface area contributed by atoms with Crippen LogP contribution in [0.25, 0.3) is 5.57 Å². The van der Waals surface area contributed by atoms with Gasteiger partial charge in [0.2, 0.25) is 0 Å². The molecule has 0 amide bonds. The smallest absolute Gasteiger partial charge is 0.152 e. The summed E-state index contributed by atoms with van der Waals surface area (Å²) in [5.41, 5.74) is 4.65. The summed E-state index contributed by atoms with van der Waals surface area (Å²) in [4.78, 5) is 13.4. The molecule has 2 nitrogen and oxygen atoms in total. The van der Waals surface area contributed by atoms with Gasteiger partial charge in [-0.05, 0) is 69.5 Å². The van der Waals surface area contributed by atoms with E-state index in [4.69, 9.17) is 0 Å². The number of hydrogen-bond donors (Lipinski definition) is 0. The van der Waals surface area contributed by atoms with Crippen molar-refractivity contribution in [1.82, 2.24) is 0 Å². The Balaban J connectivity index is 3.10. The second-order valence-electron chi connectivity index (χ2n) is 4.61. The zero-order valence-corrected chi connectivity index (χ0v) is 12.1. The van der Waals surface area contributed by atoms with E-state index in [0.29, 0.717) is 0 Å². The first-order valence-electron chi connectivity index (χ1n) is 6.54. The van der Waals surface area contributed by atoms with Crippen LogP contribution in [0.3, 0.4) is 0 Å². The summed E-state index contributed by atoms with van der Waals surface area (Å²) in [5, 5.41) is 0. The maximum atomic E-state index is 11.1. The molecule has 0 saturated heterocycles. The van der Waals surface area contributed by atoms with E-state index in [2.05, 4.69) is 43.9 Å². The Bertz CT molecular complexity index is 456. The number of benzene rings is 1. The van der Waals surface area contributed by atoms with Crippen LogP contribution in [0.2, 0.25) is 0 Å². The molecule has 0 fully saturated rings. The van der Waals surface area contributed by atoms with E-state index >= 15 is 0 Å². The van der Waals surface area contributed by atoms with Gasteiger partial charge < -0.3 is 4.90 Å². The zero-order chi connectivity index (χ0) is 13.7. The third-order valence-corrected chi connectivity index (χ3v) is 3.18. The van der Waals surface area contributed by atoms with Crippen LogP contribution in [0.4, 0.5) is 5.69 Å². The molecule has 0 saturated carbocycles. The van der Waals surface area contributed by atoms with Gasteiger partial charge in [-0.3, -0.25) is 4.79 Å². The van der Waals surface area contributed by atoms with Crippen LogP contribution in [0.5, 0.6) is 0 Å². The minimum Gasteiger partial charge on any atom is -0.372 e. The van der Waals surface area contributed by atoms with Gasteiger partial charge in [-0.1, -0.05) is 6.07 Å². The molecule has 0 spiro atoms. The van der Waals surface area contributed by atoms with Crippen LogP contribution in [0, 0.1) is 6.92 Å². The Hall–Kier alpha value is -1.57. The Morgan fingerprint density at radius 2 is 1.83 bits per heavy atom. The maximum absolute atomic E-state index is 11.1. The van der Waals surface area contributed by atoms with Gasteiger partial charge in [0, 0.05) is 18.8 Å². The van der Waals surface area contributed by atoms with Gasteiger partial charge >= 0.3 is 0 Å². The molecule has 0 aliphatic heterocycles. The fourth-order valence-corrected chi connectivity index (χ4v) is 2.26. The van der Waals surface area contributed by atoms with Crippen molar-refractivity contribution in [3.63, 3.8) is 0 Å². The SMILES string of the molecule is CCN(CC)c1ccc(/C(C)=C\C(C)=O)c(C)c1. The van der Waals surface area contributed by atoms with Gasteiger partial charge in [-0.15, -0.1) is 0 Å². The van der Waals surface area contributed by atoms with Crippen molar-refractivity contribution in [2.75, 3.05) is 18.0 Å². The summed E-state index contributed by atoms with van der Waals surface area (Å²) in [7, 11) is 0. The minimum atomic E-state index is 0.0970. The lowest BCUT2D eigenvalue weighted by Gasteiger charge is -2.22. The van der Waals surface area contributed by atoms with Crippen molar-refractivity contribution in [1.29, 1.82) is 0 Å². The summed E-state index contributed by atoms with van der Waals surface area (Å²) in [6, 6.07) is 6.43. The molecule has 1 aromatic carbocycles. The molecule has 0 aliphatic rings. The molecule has 0 bridgehead atoms. The van der Waals surface area contributed by atoms with E-state index in [1.54, 1.807) is 13.0 Å². The number of rotatable bonds is 5. The highest BCUT2D eigenvalue weighted by Crippen LogP contribution is 2.24. The van der Waals surface area contributed by atoms with Gasteiger partial charge in [0.05, 0.1) is 0 Å². The molecular formula is C16H23NO. The number of carbonyl (C=O) groups is 1. The second-order valence-corrected chi connectivity index (χ2v) is 4.61. The van der Waals surface area contributed by atoms with Crippen molar-refractivity contribution in [2.45, 2.75) is 34.6 Å². The molecule has 18 heavy (non-hydrogen) atoms. The van der Waals surface area contributed by atoms with Gasteiger partial charge in [0.15, 0.2) is 5.78 Å². The molecule has 0 aliphatic carbocycles. The standard InChI is InChI=1S/C16H23NO/c1-6-17(7-2)15-8-9-16(13(4)11-15)12(3)10-14(5)18/h8-11H,6-7H2,1-5H3/b12-10-. The highest BCUT2D eigenvalue weighted by atomic mass is 16.1. The number of allylic oxidation sites excluding steroid dienone is 2. The molecule has 0 aromatic heterocycles. The molecule has 0 unspecified atom stereocenters. The quantitative estimate of drug-likeness (QED) is 0.735. The van der Waals surface area contributed by atoms with Crippen LogP contribution in [0.1, 0.15) is 38.8 Å². The first-order valence-corrected chi connectivity index (χ1v) is 6.54. The Morgan fingerprint density at radius 3 is 2.28 bits per heavy atom. The molecule has 0 heterocycles. The molecule has 0 N–H and O–H groups in total. The van der Waals surface area contributed by atoms with E-state index in [1.807, 2.05) is 6.92 Å². The average molecular weight is 245 g/mol. The molecular weight excluding hydrogens is 222 g/mol. The topological polar surface area (TPSA) is 20.3 Å². The van der Waals surface area contributed by atoms with E-state index in [-0.39, 0.29) is 5.78 Å². The minimum absolute atomic E-state index is 0.0970. The van der Waals surface area contributed by atoms with Gasteiger partial charge in [0.1, 0.15) is 0 Å². The summed E-state index contributed by atoms with van der Waals surface area (Å²) in [6.07, 6.45) is 1.69. The van der Waals surface area contributed by atoms with Gasteiger partial charge in [-0.25, -0.2) is 0 Å². The first-order chi connectivity index (χ1) is 8.49. The lowest BCUT2D eigenvalue weighted by molar-refractivity contribution is -0.112. The van der Waals surface area contributed by atoms with Crippen molar-refractivity contribution in [3.05, 3.63) is 35.4 Å².